The van der Waals surface area contributed by atoms with Crippen LogP contribution < -0.4 is 15.8 Å². The van der Waals surface area contributed by atoms with Crippen LogP contribution >= 0.6 is 0 Å². The second kappa shape index (κ2) is 12.0. The Hall–Kier alpha value is -4.74. The predicted molar refractivity (Wildman–Crippen MR) is 152 cm³/mol. The van der Waals surface area contributed by atoms with Gasteiger partial charge in [0.1, 0.15) is 18.2 Å². The van der Waals surface area contributed by atoms with Crippen LogP contribution in [0.2, 0.25) is 0 Å². The Balaban J connectivity index is 1.87. The van der Waals surface area contributed by atoms with Crippen LogP contribution in [-0.2, 0) is 19.0 Å². The number of rotatable bonds is 10. The number of methoxy groups -OCH3 is 1. The van der Waals surface area contributed by atoms with Gasteiger partial charge in [0.05, 0.1) is 18.4 Å². The molecule has 0 aliphatic rings. The smallest absolute Gasteiger partial charge is 0.354 e. The van der Waals surface area contributed by atoms with Gasteiger partial charge in [0.25, 0.3) is 5.91 Å². The molecule has 206 valence electrons. The van der Waals surface area contributed by atoms with E-state index in [0.29, 0.717) is 46.7 Å². The van der Waals surface area contributed by atoms with Crippen molar-refractivity contribution in [1.82, 2.24) is 0 Å². The molecule has 4 aromatic carbocycles. The summed E-state index contributed by atoms with van der Waals surface area (Å²) in [5.41, 5.74) is 7.34. The molecule has 0 aliphatic heterocycles. The predicted octanol–water partition coefficient (Wildman–Crippen LogP) is 4.18. The van der Waals surface area contributed by atoms with Crippen LogP contribution in [-0.4, -0.2) is 52.7 Å². The Morgan fingerprint density at radius 1 is 0.900 bits per heavy atom. The number of nitrogens with two attached hydrogens (primary N) is 1. The maximum atomic E-state index is 13.7. The number of hydrogen-bond donors (Lipinski definition) is 3. The fraction of sp³-hybridized carbons (Fsp3) is 0.138. The van der Waals surface area contributed by atoms with Gasteiger partial charge in [-0.1, -0.05) is 30.3 Å². The molecule has 0 bridgehead atoms. The van der Waals surface area contributed by atoms with Crippen molar-refractivity contribution < 1.29 is 31.7 Å². The number of carbonyl (C=O) groups excluding carboxylic acids is 2. The average Bonchev–Trinajstić information content (AvgIpc) is 2.92. The summed E-state index contributed by atoms with van der Waals surface area (Å²) in [4.78, 5) is 26.5. The minimum atomic E-state index is -4.08. The molecule has 0 aliphatic carbocycles. The van der Waals surface area contributed by atoms with Gasteiger partial charge < -0.3 is 24.7 Å². The summed E-state index contributed by atoms with van der Waals surface area (Å²) in [6.45, 7) is 0.662. The number of carbonyl (C=O) groups is 2. The molecular weight excluding hydrogens is 534 g/mol. The summed E-state index contributed by atoms with van der Waals surface area (Å²) in [5.74, 6) is -1.13. The highest BCUT2D eigenvalue weighted by molar-refractivity contribution is 7.86. The first-order chi connectivity index (χ1) is 19.1. The van der Waals surface area contributed by atoms with Crippen LogP contribution in [0.4, 0.5) is 5.69 Å². The normalized spacial score (nSPS) is 11.2. The highest BCUT2D eigenvalue weighted by Gasteiger charge is 2.23. The van der Waals surface area contributed by atoms with Gasteiger partial charge in [-0.15, -0.1) is 0 Å². The van der Waals surface area contributed by atoms with Gasteiger partial charge >= 0.3 is 16.1 Å². The maximum Gasteiger partial charge on any atom is 0.354 e. The summed E-state index contributed by atoms with van der Waals surface area (Å²) in [6, 6.07) is 21.5. The lowest BCUT2D eigenvalue weighted by atomic mass is 9.91. The lowest BCUT2D eigenvalue weighted by Crippen LogP contribution is -2.16. The zero-order chi connectivity index (χ0) is 28.9. The molecule has 0 unspecified atom stereocenters. The summed E-state index contributed by atoms with van der Waals surface area (Å²) < 4.78 is 39.0. The fourth-order valence-electron chi connectivity index (χ4n) is 4.08. The van der Waals surface area contributed by atoms with Crippen LogP contribution in [0.1, 0.15) is 26.3 Å². The van der Waals surface area contributed by atoms with Gasteiger partial charge in [0, 0.05) is 29.3 Å². The molecule has 10 nitrogen and oxygen atoms in total. The van der Waals surface area contributed by atoms with Gasteiger partial charge in [-0.3, -0.25) is 10.2 Å². The Morgan fingerprint density at radius 2 is 1.62 bits per heavy atom. The molecule has 4 rings (SSSR count). The van der Waals surface area contributed by atoms with E-state index in [4.69, 9.17) is 20.6 Å². The second-order valence-electron chi connectivity index (χ2n) is 8.78. The van der Waals surface area contributed by atoms with Crippen LogP contribution in [0.15, 0.2) is 78.9 Å². The number of benzene rings is 4. The SMILES string of the molecule is COCCOc1cccc2cc(-c3ccccc3C(=O)OS(C)(=O)=O)c(C(=O)Nc3ccc(C(=N)N)cc3)cc12. The molecule has 0 heterocycles. The van der Waals surface area contributed by atoms with Crippen molar-refractivity contribution in [3.05, 3.63) is 95.6 Å². The number of amides is 1. The lowest BCUT2D eigenvalue weighted by molar-refractivity contribution is 0.0748. The summed E-state index contributed by atoms with van der Waals surface area (Å²) in [7, 11) is -2.51. The molecule has 1 amide bonds. The van der Waals surface area contributed by atoms with E-state index in [0.717, 1.165) is 11.6 Å². The third-order valence-electron chi connectivity index (χ3n) is 5.89. The first-order valence-electron chi connectivity index (χ1n) is 12.0. The van der Waals surface area contributed by atoms with Crippen molar-refractivity contribution in [2.45, 2.75) is 0 Å². The van der Waals surface area contributed by atoms with E-state index in [9.17, 15) is 18.0 Å². The minimum Gasteiger partial charge on any atom is -0.491 e. The maximum absolute atomic E-state index is 13.7. The van der Waals surface area contributed by atoms with Gasteiger partial charge in [0.2, 0.25) is 0 Å². The van der Waals surface area contributed by atoms with Crippen molar-refractivity contribution in [1.29, 1.82) is 5.41 Å². The molecule has 0 saturated carbocycles. The quantitative estimate of drug-likeness (QED) is 0.113. The van der Waals surface area contributed by atoms with E-state index >= 15 is 0 Å². The van der Waals surface area contributed by atoms with Gasteiger partial charge in [0.15, 0.2) is 0 Å². The van der Waals surface area contributed by atoms with Crippen molar-refractivity contribution in [3.8, 4) is 16.9 Å². The Bertz CT molecular complexity index is 1700. The van der Waals surface area contributed by atoms with E-state index < -0.39 is 22.0 Å². The van der Waals surface area contributed by atoms with Crippen LogP contribution in [0.5, 0.6) is 5.75 Å². The monoisotopic (exact) mass is 561 g/mol. The highest BCUT2D eigenvalue weighted by atomic mass is 32.2. The standard InChI is InChI=1S/C29H27N3O7S/c1-37-14-15-38-26-9-5-6-19-16-24(21-7-3-4-8-22(21)29(34)39-40(2,35)36)25(17-23(19)26)28(33)32-20-12-10-18(11-13-20)27(30)31/h3-13,16-17H,14-15H2,1-2H3,(H3,30,31)(H,32,33). The third-order valence-corrected chi connectivity index (χ3v) is 6.34. The van der Waals surface area contributed by atoms with E-state index in [1.807, 2.05) is 6.07 Å². The van der Waals surface area contributed by atoms with Gasteiger partial charge in [-0.25, -0.2) is 4.79 Å². The van der Waals surface area contributed by atoms with Gasteiger partial charge in [-0.05, 0) is 65.0 Å². The molecule has 0 spiro atoms. The average molecular weight is 562 g/mol. The molecule has 4 aromatic rings. The van der Waals surface area contributed by atoms with Crippen molar-refractivity contribution in [2.75, 3.05) is 31.9 Å². The number of hydrogen-bond acceptors (Lipinski definition) is 8. The fourth-order valence-corrected chi connectivity index (χ4v) is 4.44. The number of nitrogen functional groups attached to an aromatic ring is 1. The second-order valence-corrected chi connectivity index (χ2v) is 10.4. The zero-order valence-electron chi connectivity index (χ0n) is 21.8. The molecule has 40 heavy (non-hydrogen) atoms. The number of amidine groups is 1. The Kier molecular flexibility index (Phi) is 8.46. The van der Waals surface area contributed by atoms with Crippen molar-refractivity contribution >= 4 is 44.3 Å². The van der Waals surface area contributed by atoms with Gasteiger partial charge in [-0.2, -0.15) is 8.42 Å². The van der Waals surface area contributed by atoms with Crippen molar-refractivity contribution in [3.63, 3.8) is 0 Å². The lowest BCUT2D eigenvalue weighted by Gasteiger charge is -2.16. The molecule has 4 N–H and O–H groups in total. The largest absolute Gasteiger partial charge is 0.491 e. The van der Waals surface area contributed by atoms with E-state index in [1.54, 1.807) is 73.8 Å². The summed E-state index contributed by atoms with van der Waals surface area (Å²) in [5, 5.41) is 11.8. The first-order valence-corrected chi connectivity index (χ1v) is 13.9. The Labute approximate surface area is 231 Å². The summed E-state index contributed by atoms with van der Waals surface area (Å²) >= 11 is 0. The number of nitrogens with one attached hydrogen (secondary N) is 2. The summed E-state index contributed by atoms with van der Waals surface area (Å²) in [6.07, 6.45) is 0.783. The first kappa shape index (κ1) is 28.3. The molecule has 0 saturated heterocycles. The molecule has 11 heteroatoms. The van der Waals surface area contributed by atoms with E-state index in [1.165, 1.54) is 6.07 Å². The van der Waals surface area contributed by atoms with Crippen LogP contribution in [0.25, 0.3) is 21.9 Å². The molecular formula is C29H27N3O7S. The molecule has 0 atom stereocenters. The van der Waals surface area contributed by atoms with Crippen LogP contribution in [0, 0.1) is 5.41 Å². The highest BCUT2D eigenvalue weighted by Crippen LogP contribution is 2.35. The third kappa shape index (κ3) is 6.63. The number of anilines is 1. The molecule has 0 radical (unpaired) electrons. The molecule has 0 fully saturated rings. The van der Waals surface area contributed by atoms with Crippen molar-refractivity contribution in [2.24, 2.45) is 5.73 Å². The molecule has 0 aromatic heterocycles. The van der Waals surface area contributed by atoms with E-state index in [2.05, 4.69) is 9.50 Å². The number of fused-ring (bicyclic) bond motifs is 1. The van der Waals surface area contributed by atoms with Crippen LogP contribution in [0.3, 0.4) is 0 Å². The zero-order valence-corrected chi connectivity index (χ0v) is 22.6. The van der Waals surface area contributed by atoms with E-state index in [-0.39, 0.29) is 17.0 Å². The number of ether oxygens (including phenoxy) is 2. The Morgan fingerprint density at radius 3 is 2.30 bits per heavy atom. The minimum absolute atomic E-state index is 0.0281. The topological polar surface area (TPSA) is 158 Å².